The molecule has 0 spiro atoms. The quantitative estimate of drug-likeness (QED) is 0.624. The number of para-hydroxylation sites is 1. The van der Waals surface area contributed by atoms with Crippen molar-refractivity contribution in [3.05, 3.63) is 46.8 Å². The minimum absolute atomic E-state index is 0.108. The van der Waals surface area contributed by atoms with Crippen molar-refractivity contribution >= 4 is 23.5 Å². The largest absolute Gasteiger partial charge is 0.347 e. The molecule has 0 saturated carbocycles. The van der Waals surface area contributed by atoms with Crippen LogP contribution in [0.4, 0.5) is 0 Å². The minimum Gasteiger partial charge on any atom is -0.347 e. The lowest BCUT2D eigenvalue weighted by molar-refractivity contribution is 0.593. The number of nitrogens with zero attached hydrogens (tertiary/aromatic N) is 1. The van der Waals surface area contributed by atoms with E-state index >= 15 is 0 Å². The van der Waals surface area contributed by atoms with Crippen molar-refractivity contribution in [2.24, 2.45) is 0 Å². The smallest absolute Gasteiger partial charge is 0.189 e. The summed E-state index contributed by atoms with van der Waals surface area (Å²) in [6.45, 7) is 0.980. The maximum absolute atomic E-state index is 11.7. The van der Waals surface area contributed by atoms with E-state index in [1.165, 1.54) is 19.3 Å². The molecule has 18 heavy (non-hydrogen) atoms. The molecule has 0 bridgehead atoms. The molecule has 0 aliphatic heterocycles. The number of thiol groups is 1. The van der Waals surface area contributed by atoms with Crippen molar-refractivity contribution in [3.63, 3.8) is 0 Å². The molecule has 0 N–H and O–H groups in total. The van der Waals surface area contributed by atoms with E-state index in [9.17, 15) is 4.79 Å². The molecule has 0 aliphatic rings. The SMILES string of the molecule is O=c1ccn(CCCCCCS)c2ccccc12. The van der Waals surface area contributed by atoms with Gasteiger partial charge in [-0.15, -0.1) is 0 Å². The zero-order valence-corrected chi connectivity index (χ0v) is 11.4. The molecule has 0 unspecified atom stereocenters. The molecule has 96 valence electrons. The van der Waals surface area contributed by atoms with E-state index < -0.39 is 0 Å². The topological polar surface area (TPSA) is 22.0 Å². The Morgan fingerprint density at radius 1 is 1.00 bits per heavy atom. The number of pyridine rings is 1. The van der Waals surface area contributed by atoms with Crippen LogP contribution in [-0.2, 0) is 6.54 Å². The lowest BCUT2D eigenvalue weighted by atomic mass is 10.2. The molecule has 0 fully saturated rings. The highest BCUT2D eigenvalue weighted by Gasteiger charge is 2.01. The lowest BCUT2D eigenvalue weighted by Gasteiger charge is -2.10. The summed E-state index contributed by atoms with van der Waals surface area (Å²) in [6, 6.07) is 9.48. The molecule has 1 heterocycles. The predicted molar refractivity (Wildman–Crippen MR) is 80.5 cm³/mol. The summed E-state index contributed by atoms with van der Waals surface area (Å²) in [4.78, 5) is 11.7. The molecular formula is C15H19NOS. The third kappa shape index (κ3) is 3.16. The van der Waals surface area contributed by atoms with Gasteiger partial charge in [-0.2, -0.15) is 12.6 Å². The van der Waals surface area contributed by atoms with Crippen molar-refractivity contribution in [3.8, 4) is 0 Å². The van der Waals surface area contributed by atoms with Gasteiger partial charge in [-0.05, 0) is 30.7 Å². The summed E-state index contributed by atoms with van der Waals surface area (Å²) in [5.74, 6) is 0.973. The van der Waals surface area contributed by atoms with Crippen LogP contribution in [-0.4, -0.2) is 10.3 Å². The van der Waals surface area contributed by atoms with Crippen molar-refractivity contribution < 1.29 is 0 Å². The highest BCUT2D eigenvalue weighted by atomic mass is 32.1. The Morgan fingerprint density at radius 3 is 2.61 bits per heavy atom. The molecule has 3 heteroatoms. The number of rotatable bonds is 6. The average Bonchev–Trinajstić information content (AvgIpc) is 2.41. The van der Waals surface area contributed by atoms with Gasteiger partial charge in [0, 0.05) is 24.2 Å². The van der Waals surface area contributed by atoms with Gasteiger partial charge in [0.1, 0.15) is 0 Å². The van der Waals surface area contributed by atoms with Crippen molar-refractivity contribution in [1.82, 2.24) is 4.57 Å². The van der Waals surface area contributed by atoms with Crippen LogP contribution in [0.2, 0.25) is 0 Å². The van der Waals surface area contributed by atoms with Crippen molar-refractivity contribution in [2.75, 3.05) is 5.75 Å². The third-order valence-electron chi connectivity index (χ3n) is 3.19. The summed E-state index contributed by atoms with van der Waals surface area (Å²) in [5, 5.41) is 0.815. The first-order valence-electron chi connectivity index (χ1n) is 6.52. The van der Waals surface area contributed by atoms with E-state index in [1.807, 2.05) is 30.5 Å². The van der Waals surface area contributed by atoms with E-state index in [-0.39, 0.29) is 5.43 Å². The first kappa shape index (κ1) is 13.2. The van der Waals surface area contributed by atoms with Crippen LogP contribution in [0.15, 0.2) is 41.3 Å². The van der Waals surface area contributed by atoms with E-state index in [2.05, 4.69) is 17.2 Å². The normalized spacial score (nSPS) is 10.9. The number of benzene rings is 1. The van der Waals surface area contributed by atoms with Crippen molar-refractivity contribution in [2.45, 2.75) is 32.2 Å². The fraction of sp³-hybridized carbons (Fsp3) is 0.400. The molecule has 0 aliphatic carbocycles. The maximum Gasteiger partial charge on any atom is 0.189 e. The van der Waals surface area contributed by atoms with Gasteiger partial charge in [-0.3, -0.25) is 4.79 Å². The Morgan fingerprint density at radius 2 is 1.78 bits per heavy atom. The monoisotopic (exact) mass is 261 g/mol. The van der Waals surface area contributed by atoms with Gasteiger partial charge in [0.2, 0.25) is 0 Å². The predicted octanol–water partition coefficient (Wildman–Crippen LogP) is 3.49. The standard InChI is InChI=1S/C15H19NOS/c17-15-9-11-16(10-5-1-2-6-12-18)14-8-4-3-7-13(14)15/h3-4,7-9,11,18H,1-2,5-6,10,12H2. The fourth-order valence-electron chi connectivity index (χ4n) is 2.20. The van der Waals surface area contributed by atoms with Gasteiger partial charge in [0.05, 0.1) is 5.52 Å². The van der Waals surface area contributed by atoms with Gasteiger partial charge in [-0.25, -0.2) is 0 Å². The fourth-order valence-corrected chi connectivity index (χ4v) is 2.43. The Labute approximate surface area is 113 Å². The van der Waals surface area contributed by atoms with E-state index in [4.69, 9.17) is 0 Å². The van der Waals surface area contributed by atoms with Gasteiger partial charge in [0.15, 0.2) is 5.43 Å². The Kier molecular flexibility index (Phi) is 4.88. The number of hydrogen-bond donors (Lipinski definition) is 1. The lowest BCUT2D eigenvalue weighted by Crippen LogP contribution is -2.08. The van der Waals surface area contributed by atoms with Crippen LogP contribution < -0.4 is 5.43 Å². The summed E-state index contributed by atoms with van der Waals surface area (Å²) in [5.41, 5.74) is 1.15. The van der Waals surface area contributed by atoms with Crippen LogP contribution in [0.3, 0.4) is 0 Å². The highest BCUT2D eigenvalue weighted by molar-refractivity contribution is 7.80. The molecule has 0 atom stereocenters. The van der Waals surface area contributed by atoms with E-state index in [0.29, 0.717) is 0 Å². The number of unbranched alkanes of at least 4 members (excludes halogenated alkanes) is 3. The summed E-state index contributed by atoms with van der Waals surface area (Å²) in [6.07, 6.45) is 6.71. The molecule has 2 aromatic rings. The molecular weight excluding hydrogens is 242 g/mol. The number of aromatic nitrogens is 1. The number of aryl methyl sites for hydroxylation is 1. The second-order valence-corrected chi connectivity index (χ2v) is 4.98. The maximum atomic E-state index is 11.7. The second-order valence-electron chi connectivity index (χ2n) is 4.53. The number of fused-ring (bicyclic) bond motifs is 1. The molecule has 0 saturated heterocycles. The average molecular weight is 261 g/mol. The first-order valence-corrected chi connectivity index (χ1v) is 7.15. The molecule has 1 aromatic carbocycles. The van der Waals surface area contributed by atoms with Gasteiger partial charge in [-0.1, -0.05) is 25.0 Å². The highest BCUT2D eigenvalue weighted by Crippen LogP contribution is 2.11. The summed E-state index contributed by atoms with van der Waals surface area (Å²) < 4.78 is 2.18. The Balaban J connectivity index is 2.09. The molecule has 2 nitrogen and oxygen atoms in total. The molecule has 2 rings (SSSR count). The third-order valence-corrected chi connectivity index (χ3v) is 3.51. The van der Waals surface area contributed by atoms with Gasteiger partial charge >= 0.3 is 0 Å². The van der Waals surface area contributed by atoms with Gasteiger partial charge in [0.25, 0.3) is 0 Å². The Bertz CT molecular complexity index is 562. The number of hydrogen-bond acceptors (Lipinski definition) is 2. The van der Waals surface area contributed by atoms with Crippen LogP contribution in [0.1, 0.15) is 25.7 Å². The van der Waals surface area contributed by atoms with Crippen LogP contribution in [0.25, 0.3) is 10.9 Å². The zero-order valence-electron chi connectivity index (χ0n) is 10.5. The second kappa shape index (κ2) is 6.64. The van der Waals surface area contributed by atoms with E-state index in [1.54, 1.807) is 6.07 Å². The first-order chi connectivity index (χ1) is 8.83. The zero-order chi connectivity index (χ0) is 12.8. The van der Waals surface area contributed by atoms with E-state index in [0.717, 1.165) is 29.6 Å². The van der Waals surface area contributed by atoms with Crippen LogP contribution in [0.5, 0.6) is 0 Å². The summed E-state index contributed by atoms with van der Waals surface area (Å²) in [7, 11) is 0. The molecule has 1 aromatic heterocycles. The molecule has 0 radical (unpaired) electrons. The minimum atomic E-state index is 0.108. The molecule has 0 amide bonds. The van der Waals surface area contributed by atoms with Crippen molar-refractivity contribution in [1.29, 1.82) is 0 Å². The van der Waals surface area contributed by atoms with Crippen LogP contribution >= 0.6 is 12.6 Å². The van der Waals surface area contributed by atoms with Gasteiger partial charge < -0.3 is 4.57 Å². The summed E-state index contributed by atoms with van der Waals surface area (Å²) >= 11 is 4.21. The van der Waals surface area contributed by atoms with Crippen LogP contribution in [0, 0.1) is 0 Å². The Hall–Kier alpha value is -1.22.